The molecule has 0 aliphatic heterocycles. The van der Waals surface area contributed by atoms with Crippen LogP contribution < -0.4 is 5.32 Å². The Morgan fingerprint density at radius 2 is 1.79 bits per heavy atom. The Bertz CT molecular complexity index is 271. The van der Waals surface area contributed by atoms with E-state index in [0.717, 1.165) is 6.54 Å². The molecular weight excluding hydrogens is 177 g/mol. The summed E-state index contributed by atoms with van der Waals surface area (Å²) in [6.07, 6.45) is 0. The lowest BCUT2D eigenvalue weighted by Crippen LogP contribution is -2.30. The molecule has 2 heteroatoms. The van der Waals surface area contributed by atoms with Gasteiger partial charge in [-0.25, -0.2) is 4.39 Å². The highest BCUT2D eigenvalue weighted by Crippen LogP contribution is 2.07. The van der Waals surface area contributed by atoms with Crippen LogP contribution in [0.3, 0.4) is 0 Å². The molecule has 1 aromatic rings. The Hall–Kier alpha value is -0.890. The molecule has 0 saturated carbocycles. The molecule has 0 unspecified atom stereocenters. The number of alkyl halides is 1. The van der Waals surface area contributed by atoms with Crippen molar-refractivity contribution in [1.29, 1.82) is 0 Å². The summed E-state index contributed by atoms with van der Waals surface area (Å²) in [4.78, 5) is 0. The molecule has 0 atom stereocenters. The molecule has 0 bridgehead atoms. The van der Waals surface area contributed by atoms with E-state index in [9.17, 15) is 4.39 Å². The fourth-order valence-electron chi connectivity index (χ4n) is 1.21. The van der Waals surface area contributed by atoms with E-state index in [1.54, 1.807) is 13.8 Å². The second-order valence-corrected chi connectivity index (χ2v) is 4.31. The van der Waals surface area contributed by atoms with Gasteiger partial charge in [-0.3, -0.25) is 0 Å². The molecule has 14 heavy (non-hydrogen) atoms. The zero-order valence-corrected chi connectivity index (χ0v) is 9.10. The maximum atomic E-state index is 13.1. The molecule has 0 heterocycles. The van der Waals surface area contributed by atoms with Gasteiger partial charge in [0.1, 0.15) is 5.67 Å². The van der Waals surface area contributed by atoms with Gasteiger partial charge in [-0.05, 0) is 26.3 Å². The van der Waals surface area contributed by atoms with E-state index in [-0.39, 0.29) is 0 Å². The lowest BCUT2D eigenvalue weighted by Gasteiger charge is -2.14. The number of aryl methyl sites for hydroxylation is 1. The highest BCUT2D eigenvalue weighted by molar-refractivity contribution is 5.21. The highest BCUT2D eigenvalue weighted by atomic mass is 19.1. The van der Waals surface area contributed by atoms with E-state index in [4.69, 9.17) is 0 Å². The number of hydrogen-bond acceptors (Lipinski definition) is 1. The summed E-state index contributed by atoms with van der Waals surface area (Å²) < 4.78 is 13.1. The minimum atomic E-state index is -1.13. The molecule has 0 aliphatic rings. The molecule has 1 aromatic carbocycles. The van der Waals surface area contributed by atoms with E-state index in [1.165, 1.54) is 11.1 Å². The van der Waals surface area contributed by atoms with Crippen LogP contribution in [0, 0.1) is 6.92 Å². The molecule has 1 N–H and O–H groups in total. The van der Waals surface area contributed by atoms with Crippen molar-refractivity contribution in [2.24, 2.45) is 0 Å². The number of rotatable bonds is 4. The van der Waals surface area contributed by atoms with Crippen molar-refractivity contribution >= 4 is 0 Å². The summed E-state index contributed by atoms with van der Waals surface area (Å²) in [7, 11) is 0. The van der Waals surface area contributed by atoms with Crippen LogP contribution in [-0.2, 0) is 6.54 Å². The lowest BCUT2D eigenvalue weighted by atomic mass is 10.1. The van der Waals surface area contributed by atoms with Gasteiger partial charge in [-0.2, -0.15) is 0 Å². The van der Waals surface area contributed by atoms with Gasteiger partial charge < -0.3 is 5.32 Å². The van der Waals surface area contributed by atoms with Crippen LogP contribution in [0.25, 0.3) is 0 Å². The van der Waals surface area contributed by atoms with Gasteiger partial charge in [0.05, 0.1) is 0 Å². The first-order chi connectivity index (χ1) is 6.47. The van der Waals surface area contributed by atoms with Crippen molar-refractivity contribution in [3.63, 3.8) is 0 Å². The Morgan fingerprint density at radius 3 is 2.29 bits per heavy atom. The summed E-state index contributed by atoms with van der Waals surface area (Å²) in [5, 5.41) is 3.09. The largest absolute Gasteiger partial charge is 0.310 e. The van der Waals surface area contributed by atoms with Crippen LogP contribution in [0.2, 0.25) is 0 Å². The summed E-state index contributed by atoms with van der Waals surface area (Å²) in [5.74, 6) is 0. The van der Waals surface area contributed by atoms with Crippen LogP contribution >= 0.6 is 0 Å². The molecule has 0 radical (unpaired) electrons. The lowest BCUT2D eigenvalue weighted by molar-refractivity contribution is 0.210. The molecule has 0 spiro atoms. The molecule has 0 saturated heterocycles. The van der Waals surface area contributed by atoms with Crippen LogP contribution in [0.15, 0.2) is 24.3 Å². The van der Waals surface area contributed by atoms with Crippen LogP contribution in [-0.4, -0.2) is 12.2 Å². The first-order valence-corrected chi connectivity index (χ1v) is 4.92. The fourth-order valence-corrected chi connectivity index (χ4v) is 1.21. The third-order valence-corrected chi connectivity index (χ3v) is 2.00. The van der Waals surface area contributed by atoms with Crippen molar-refractivity contribution < 1.29 is 4.39 Å². The number of nitrogens with one attached hydrogen (secondary N) is 1. The number of hydrogen-bond donors (Lipinski definition) is 1. The number of benzene rings is 1. The first-order valence-electron chi connectivity index (χ1n) is 4.92. The van der Waals surface area contributed by atoms with Crippen molar-refractivity contribution in [2.75, 3.05) is 6.54 Å². The third kappa shape index (κ3) is 4.38. The van der Waals surface area contributed by atoms with Gasteiger partial charge in [-0.1, -0.05) is 29.8 Å². The van der Waals surface area contributed by atoms with Crippen LogP contribution in [0.4, 0.5) is 4.39 Å². The summed E-state index contributed by atoms with van der Waals surface area (Å²) >= 11 is 0. The first kappa shape index (κ1) is 11.2. The molecule has 0 aliphatic carbocycles. The zero-order valence-electron chi connectivity index (χ0n) is 9.10. The smallest absolute Gasteiger partial charge is 0.117 e. The fraction of sp³-hybridized carbons (Fsp3) is 0.500. The SMILES string of the molecule is Cc1ccc(CNCC(C)(C)F)cc1. The average molecular weight is 195 g/mol. The minimum Gasteiger partial charge on any atom is -0.310 e. The number of halogens is 1. The van der Waals surface area contributed by atoms with Crippen molar-refractivity contribution in [2.45, 2.75) is 33.0 Å². The standard InChI is InChI=1S/C12H18FN/c1-10-4-6-11(7-5-10)8-14-9-12(2,3)13/h4-7,14H,8-9H2,1-3H3. The minimum absolute atomic E-state index is 0.390. The average Bonchev–Trinajstić information content (AvgIpc) is 2.06. The van der Waals surface area contributed by atoms with Gasteiger partial charge in [0, 0.05) is 13.1 Å². The van der Waals surface area contributed by atoms with E-state index in [0.29, 0.717) is 6.54 Å². The topological polar surface area (TPSA) is 12.0 Å². The maximum Gasteiger partial charge on any atom is 0.117 e. The predicted octanol–water partition coefficient (Wildman–Crippen LogP) is 2.83. The Balaban J connectivity index is 2.35. The van der Waals surface area contributed by atoms with Crippen molar-refractivity contribution in [1.82, 2.24) is 5.32 Å². The molecular formula is C12H18FN. The summed E-state index contributed by atoms with van der Waals surface area (Å²) in [6.45, 7) is 6.33. The predicted molar refractivity (Wildman–Crippen MR) is 58.1 cm³/mol. The van der Waals surface area contributed by atoms with Crippen molar-refractivity contribution in [3.05, 3.63) is 35.4 Å². The summed E-state index contributed by atoms with van der Waals surface area (Å²) in [6, 6.07) is 8.26. The Kier molecular flexibility index (Phi) is 3.64. The Morgan fingerprint density at radius 1 is 1.21 bits per heavy atom. The van der Waals surface area contributed by atoms with Gasteiger partial charge in [0.15, 0.2) is 0 Å². The van der Waals surface area contributed by atoms with Gasteiger partial charge in [0.25, 0.3) is 0 Å². The summed E-state index contributed by atoms with van der Waals surface area (Å²) in [5.41, 5.74) is 1.31. The monoisotopic (exact) mass is 195 g/mol. The normalized spacial score (nSPS) is 11.7. The van der Waals surface area contributed by atoms with Gasteiger partial charge in [-0.15, -0.1) is 0 Å². The quantitative estimate of drug-likeness (QED) is 0.779. The maximum absolute atomic E-state index is 13.1. The van der Waals surface area contributed by atoms with Crippen LogP contribution in [0.5, 0.6) is 0 Å². The molecule has 0 fully saturated rings. The van der Waals surface area contributed by atoms with E-state index >= 15 is 0 Å². The zero-order chi connectivity index (χ0) is 10.6. The molecule has 0 aromatic heterocycles. The second-order valence-electron chi connectivity index (χ2n) is 4.31. The third-order valence-electron chi connectivity index (χ3n) is 2.00. The molecule has 78 valence electrons. The Labute approximate surface area is 85.3 Å². The highest BCUT2D eigenvalue weighted by Gasteiger charge is 2.13. The van der Waals surface area contributed by atoms with Gasteiger partial charge >= 0.3 is 0 Å². The van der Waals surface area contributed by atoms with Gasteiger partial charge in [0.2, 0.25) is 0 Å². The van der Waals surface area contributed by atoms with E-state index in [2.05, 4.69) is 36.5 Å². The van der Waals surface area contributed by atoms with E-state index in [1.807, 2.05) is 0 Å². The second kappa shape index (κ2) is 4.56. The molecule has 0 amide bonds. The van der Waals surface area contributed by atoms with Crippen molar-refractivity contribution in [3.8, 4) is 0 Å². The van der Waals surface area contributed by atoms with Crippen LogP contribution in [0.1, 0.15) is 25.0 Å². The van der Waals surface area contributed by atoms with E-state index < -0.39 is 5.67 Å². The molecule has 1 rings (SSSR count). The molecule has 1 nitrogen and oxygen atoms in total.